The summed E-state index contributed by atoms with van der Waals surface area (Å²) in [5.41, 5.74) is 4.21. The summed E-state index contributed by atoms with van der Waals surface area (Å²) in [5.74, 6) is 0.119. The average Bonchev–Trinajstić information content (AvgIpc) is 3.17. The van der Waals surface area contributed by atoms with Gasteiger partial charge >= 0.3 is 0 Å². The maximum absolute atomic E-state index is 12.9. The molecule has 22 heavy (non-hydrogen) atoms. The molecule has 0 unspecified atom stereocenters. The van der Waals surface area contributed by atoms with E-state index in [0.29, 0.717) is 0 Å². The fourth-order valence-corrected chi connectivity index (χ4v) is 3.20. The van der Waals surface area contributed by atoms with Crippen molar-refractivity contribution in [1.29, 1.82) is 0 Å². The third kappa shape index (κ3) is 1.91. The number of carbonyl (C=O) groups excluding carboxylic acids is 1. The summed E-state index contributed by atoms with van der Waals surface area (Å²) in [5, 5.41) is 0. The molecule has 4 nitrogen and oxygen atoms in total. The Bertz CT molecular complexity index is 852. The van der Waals surface area contributed by atoms with Crippen LogP contribution in [0.15, 0.2) is 54.9 Å². The smallest absolute Gasteiger partial charge is 0.249 e. The Balaban J connectivity index is 1.69. The second kappa shape index (κ2) is 4.98. The van der Waals surface area contributed by atoms with Crippen LogP contribution >= 0.6 is 0 Å². The van der Waals surface area contributed by atoms with Gasteiger partial charge in [0.25, 0.3) is 0 Å². The topological polar surface area (TPSA) is 38.1 Å². The summed E-state index contributed by atoms with van der Waals surface area (Å²) in [7, 11) is 0. The van der Waals surface area contributed by atoms with Crippen molar-refractivity contribution in [2.45, 2.75) is 19.4 Å². The number of rotatable bonds is 2. The lowest BCUT2D eigenvalue weighted by Crippen LogP contribution is -2.34. The largest absolute Gasteiger partial charge is 0.318 e. The number of carbonyl (C=O) groups is 1. The molecule has 0 N–H and O–H groups in total. The van der Waals surface area contributed by atoms with Crippen molar-refractivity contribution in [1.82, 2.24) is 9.55 Å². The maximum Gasteiger partial charge on any atom is 0.249 e. The molecule has 1 aromatic heterocycles. The second-order valence-electron chi connectivity index (χ2n) is 5.69. The molecular formula is C18H17N3O. The van der Waals surface area contributed by atoms with E-state index in [4.69, 9.17) is 0 Å². The van der Waals surface area contributed by atoms with Gasteiger partial charge in [-0.15, -0.1) is 0 Å². The van der Waals surface area contributed by atoms with Gasteiger partial charge < -0.3 is 9.47 Å². The predicted molar refractivity (Wildman–Crippen MR) is 86.9 cm³/mol. The van der Waals surface area contributed by atoms with Gasteiger partial charge in [0.2, 0.25) is 5.91 Å². The number of amides is 1. The second-order valence-corrected chi connectivity index (χ2v) is 5.69. The van der Waals surface area contributed by atoms with Gasteiger partial charge in [-0.2, -0.15) is 0 Å². The van der Waals surface area contributed by atoms with Gasteiger partial charge in [-0.25, -0.2) is 4.98 Å². The maximum atomic E-state index is 12.9. The minimum atomic E-state index is -0.265. The molecule has 0 radical (unpaired) electrons. The Morgan fingerprint density at radius 3 is 2.82 bits per heavy atom. The van der Waals surface area contributed by atoms with Crippen molar-refractivity contribution in [2.24, 2.45) is 0 Å². The number of hydrogen-bond acceptors (Lipinski definition) is 2. The van der Waals surface area contributed by atoms with Gasteiger partial charge in [-0.3, -0.25) is 4.79 Å². The Morgan fingerprint density at radius 1 is 1.14 bits per heavy atom. The number of anilines is 1. The number of benzene rings is 2. The van der Waals surface area contributed by atoms with Crippen LogP contribution in [-0.2, 0) is 11.2 Å². The number of imidazole rings is 1. The summed E-state index contributed by atoms with van der Waals surface area (Å²) in [6, 6.07) is 15.8. The minimum absolute atomic E-state index is 0.119. The first kappa shape index (κ1) is 13.1. The molecule has 2 aromatic carbocycles. The summed E-state index contributed by atoms with van der Waals surface area (Å²) in [6.07, 6.45) is 2.69. The van der Waals surface area contributed by atoms with E-state index in [0.717, 1.165) is 29.7 Å². The van der Waals surface area contributed by atoms with Crippen LogP contribution in [0, 0.1) is 0 Å². The standard InChI is InChI=1S/C18H17N3O/c1-13(21-12-19-15-7-3-5-9-17(15)21)18(22)20-11-10-14-6-2-4-8-16(14)20/h2-9,12-13H,10-11H2,1H3/t13-/m1/s1. The monoisotopic (exact) mass is 291 g/mol. The zero-order valence-electron chi connectivity index (χ0n) is 12.4. The molecule has 110 valence electrons. The highest BCUT2D eigenvalue weighted by molar-refractivity contribution is 5.98. The minimum Gasteiger partial charge on any atom is -0.318 e. The highest BCUT2D eigenvalue weighted by Gasteiger charge is 2.29. The van der Waals surface area contributed by atoms with Crippen molar-refractivity contribution in [2.75, 3.05) is 11.4 Å². The highest BCUT2D eigenvalue weighted by Crippen LogP contribution is 2.30. The van der Waals surface area contributed by atoms with Crippen molar-refractivity contribution < 1.29 is 4.79 Å². The molecule has 0 bridgehead atoms. The van der Waals surface area contributed by atoms with Crippen LogP contribution in [0.4, 0.5) is 5.69 Å². The quantitative estimate of drug-likeness (QED) is 0.727. The molecule has 3 aromatic rings. The van der Waals surface area contributed by atoms with E-state index in [1.54, 1.807) is 6.33 Å². The van der Waals surface area contributed by atoms with Gasteiger partial charge in [0, 0.05) is 12.2 Å². The molecule has 1 aliphatic heterocycles. The number of nitrogens with zero attached hydrogens (tertiary/aromatic N) is 3. The van der Waals surface area contributed by atoms with Crippen LogP contribution in [0.25, 0.3) is 11.0 Å². The van der Waals surface area contributed by atoms with E-state index in [9.17, 15) is 4.79 Å². The molecule has 0 spiro atoms. The third-order valence-electron chi connectivity index (χ3n) is 4.41. The summed E-state index contributed by atoms with van der Waals surface area (Å²) >= 11 is 0. The molecule has 1 amide bonds. The predicted octanol–water partition coefficient (Wildman–Crippen LogP) is 3.19. The van der Waals surface area contributed by atoms with Crippen LogP contribution in [-0.4, -0.2) is 22.0 Å². The lowest BCUT2D eigenvalue weighted by atomic mass is 10.2. The fraction of sp³-hybridized carbons (Fsp3) is 0.222. The molecular weight excluding hydrogens is 274 g/mol. The van der Waals surface area contributed by atoms with Crippen LogP contribution in [0.5, 0.6) is 0 Å². The first-order chi connectivity index (χ1) is 10.8. The van der Waals surface area contributed by atoms with Gasteiger partial charge in [0.15, 0.2) is 0 Å². The number of fused-ring (bicyclic) bond motifs is 2. The van der Waals surface area contributed by atoms with E-state index in [1.165, 1.54) is 5.56 Å². The zero-order valence-corrected chi connectivity index (χ0v) is 12.4. The fourth-order valence-electron chi connectivity index (χ4n) is 3.20. The first-order valence-corrected chi connectivity index (χ1v) is 7.56. The molecule has 4 rings (SSSR count). The van der Waals surface area contributed by atoms with Crippen molar-refractivity contribution in [3.63, 3.8) is 0 Å². The van der Waals surface area contributed by atoms with Crippen LogP contribution in [0.3, 0.4) is 0 Å². The lowest BCUT2D eigenvalue weighted by molar-refractivity contribution is -0.121. The molecule has 4 heteroatoms. The summed E-state index contributed by atoms with van der Waals surface area (Å²) in [6.45, 7) is 2.70. The lowest BCUT2D eigenvalue weighted by Gasteiger charge is -2.22. The number of hydrogen-bond donors (Lipinski definition) is 0. The summed E-state index contributed by atoms with van der Waals surface area (Å²) in [4.78, 5) is 19.2. The normalized spacial score (nSPS) is 15.0. The van der Waals surface area contributed by atoms with Gasteiger partial charge in [-0.1, -0.05) is 30.3 Å². The van der Waals surface area contributed by atoms with Crippen LogP contribution < -0.4 is 4.90 Å². The van der Waals surface area contributed by atoms with Gasteiger partial charge in [0.1, 0.15) is 6.04 Å². The van der Waals surface area contributed by atoms with Crippen molar-refractivity contribution in [3.8, 4) is 0 Å². The first-order valence-electron chi connectivity index (χ1n) is 7.56. The summed E-state index contributed by atoms with van der Waals surface area (Å²) < 4.78 is 1.96. The molecule has 1 aliphatic rings. The SMILES string of the molecule is C[C@H](C(=O)N1CCc2ccccc21)n1cnc2ccccc21. The molecule has 0 saturated carbocycles. The van der Waals surface area contributed by atoms with E-state index in [2.05, 4.69) is 11.1 Å². The number of para-hydroxylation sites is 3. The third-order valence-corrected chi connectivity index (χ3v) is 4.41. The van der Waals surface area contributed by atoms with Crippen LogP contribution in [0.1, 0.15) is 18.5 Å². The zero-order chi connectivity index (χ0) is 15.1. The van der Waals surface area contributed by atoms with Crippen molar-refractivity contribution >= 4 is 22.6 Å². The van der Waals surface area contributed by atoms with Crippen LogP contribution in [0.2, 0.25) is 0 Å². The van der Waals surface area contributed by atoms with Gasteiger partial charge in [0.05, 0.1) is 17.4 Å². The Hall–Kier alpha value is -2.62. The molecule has 1 atom stereocenters. The van der Waals surface area contributed by atoms with Crippen molar-refractivity contribution in [3.05, 3.63) is 60.4 Å². The molecule has 0 fully saturated rings. The van der Waals surface area contributed by atoms with E-state index in [-0.39, 0.29) is 11.9 Å². The number of aromatic nitrogens is 2. The Labute approximate surface area is 129 Å². The Morgan fingerprint density at radius 2 is 1.91 bits per heavy atom. The van der Waals surface area contributed by atoms with Gasteiger partial charge in [-0.05, 0) is 37.1 Å². The Kier molecular flexibility index (Phi) is 2.96. The highest BCUT2D eigenvalue weighted by atomic mass is 16.2. The molecule has 0 aliphatic carbocycles. The van der Waals surface area contributed by atoms with E-state index >= 15 is 0 Å². The average molecular weight is 291 g/mol. The van der Waals surface area contributed by atoms with E-state index in [1.807, 2.05) is 58.9 Å². The molecule has 2 heterocycles. The molecule has 0 saturated heterocycles. The van der Waals surface area contributed by atoms with E-state index < -0.39 is 0 Å².